The van der Waals surface area contributed by atoms with E-state index in [0.29, 0.717) is 31.9 Å². The molecule has 1 aromatic rings. The van der Waals surface area contributed by atoms with Crippen LogP contribution in [0.4, 0.5) is 0 Å². The van der Waals surface area contributed by atoms with E-state index in [9.17, 15) is 14.7 Å². The lowest BCUT2D eigenvalue weighted by Gasteiger charge is -2.08. The molecule has 2 amide bonds. The zero-order valence-electron chi connectivity index (χ0n) is 22.1. The topological polar surface area (TPSA) is 87.7 Å². The summed E-state index contributed by atoms with van der Waals surface area (Å²) in [5.41, 5.74) is 0. The lowest BCUT2D eigenvalue weighted by Crippen LogP contribution is -2.40. The van der Waals surface area contributed by atoms with Gasteiger partial charge in [0.1, 0.15) is 11.5 Å². The second-order valence-electron chi connectivity index (χ2n) is 9.51. The number of unbranched alkanes of at least 4 members (excludes halogenated alkanes) is 15. The first-order valence-corrected chi connectivity index (χ1v) is 14.1. The molecule has 6 heteroatoms. The number of rotatable bonds is 22. The van der Waals surface area contributed by atoms with E-state index in [-0.39, 0.29) is 5.75 Å². The Morgan fingerprint density at radius 1 is 0.629 bits per heavy atom. The Balaban J connectivity index is 1.81. The number of ether oxygens (including phenoxy) is 1. The molecule has 0 fully saturated rings. The number of carbonyl (C=O) groups excluding carboxylic acids is 2. The fourth-order valence-corrected chi connectivity index (χ4v) is 4.04. The van der Waals surface area contributed by atoms with Gasteiger partial charge in [-0.1, -0.05) is 103 Å². The zero-order chi connectivity index (χ0) is 25.4. The van der Waals surface area contributed by atoms with Crippen molar-refractivity contribution in [2.75, 3.05) is 19.7 Å². The normalized spacial score (nSPS) is 10.8. The molecular weight excluding hydrogens is 440 g/mol. The number of carbonyl (C=O) groups is 2. The molecule has 6 nitrogen and oxygen atoms in total. The second kappa shape index (κ2) is 22.2. The third-order valence-electron chi connectivity index (χ3n) is 6.23. The van der Waals surface area contributed by atoms with Gasteiger partial charge in [-0.3, -0.25) is 9.59 Å². The SMILES string of the molecule is CCCCCCCCCCCCCCCCCCNC(=O)C(=O)NCCCOc1ccc(O)cc1. The van der Waals surface area contributed by atoms with Crippen molar-refractivity contribution in [2.24, 2.45) is 0 Å². The minimum Gasteiger partial charge on any atom is -0.508 e. The van der Waals surface area contributed by atoms with Crippen molar-refractivity contribution in [1.82, 2.24) is 10.6 Å². The van der Waals surface area contributed by atoms with Crippen LogP contribution < -0.4 is 15.4 Å². The molecule has 0 aliphatic carbocycles. The van der Waals surface area contributed by atoms with Gasteiger partial charge in [0.15, 0.2) is 0 Å². The molecule has 0 unspecified atom stereocenters. The molecule has 1 rings (SSSR count). The van der Waals surface area contributed by atoms with E-state index in [2.05, 4.69) is 17.6 Å². The van der Waals surface area contributed by atoms with Crippen LogP contribution in [0.3, 0.4) is 0 Å². The monoisotopic (exact) mass is 490 g/mol. The maximum absolute atomic E-state index is 11.8. The van der Waals surface area contributed by atoms with Gasteiger partial charge in [-0.2, -0.15) is 0 Å². The summed E-state index contributed by atoms with van der Waals surface area (Å²) in [4.78, 5) is 23.7. The zero-order valence-corrected chi connectivity index (χ0v) is 22.1. The molecule has 200 valence electrons. The Labute approximate surface area is 213 Å². The van der Waals surface area contributed by atoms with E-state index in [0.717, 1.165) is 12.8 Å². The van der Waals surface area contributed by atoms with Crippen LogP contribution in [0.15, 0.2) is 24.3 Å². The highest BCUT2D eigenvalue weighted by Gasteiger charge is 2.11. The van der Waals surface area contributed by atoms with Crippen LogP contribution in [0.25, 0.3) is 0 Å². The van der Waals surface area contributed by atoms with Crippen molar-refractivity contribution >= 4 is 11.8 Å². The maximum Gasteiger partial charge on any atom is 0.309 e. The summed E-state index contributed by atoms with van der Waals surface area (Å²) < 4.78 is 5.51. The molecule has 1 aromatic carbocycles. The molecule has 0 saturated carbocycles. The smallest absolute Gasteiger partial charge is 0.309 e. The summed E-state index contributed by atoms with van der Waals surface area (Å²) in [6, 6.07) is 6.47. The number of nitrogens with one attached hydrogen (secondary N) is 2. The van der Waals surface area contributed by atoms with E-state index in [1.807, 2.05) is 0 Å². The first kappa shape index (κ1) is 30.8. The summed E-state index contributed by atoms with van der Waals surface area (Å²) in [5, 5.41) is 14.5. The quantitative estimate of drug-likeness (QED) is 0.125. The number of benzene rings is 1. The average Bonchev–Trinajstić information content (AvgIpc) is 2.86. The summed E-state index contributed by atoms with van der Waals surface area (Å²) in [7, 11) is 0. The van der Waals surface area contributed by atoms with Gasteiger partial charge in [-0.05, 0) is 37.1 Å². The minimum atomic E-state index is -0.592. The summed E-state index contributed by atoms with van der Waals surface area (Å²) >= 11 is 0. The summed E-state index contributed by atoms with van der Waals surface area (Å²) in [6.07, 6.45) is 21.7. The predicted octanol–water partition coefficient (Wildman–Crippen LogP) is 6.66. The molecule has 0 radical (unpaired) electrons. The van der Waals surface area contributed by atoms with Crippen molar-refractivity contribution in [1.29, 1.82) is 0 Å². The molecule has 35 heavy (non-hydrogen) atoms. The largest absolute Gasteiger partial charge is 0.508 e. The lowest BCUT2D eigenvalue weighted by atomic mass is 10.0. The van der Waals surface area contributed by atoms with E-state index < -0.39 is 11.8 Å². The highest BCUT2D eigenvalue weighted by atomic mass is 16.5. The van der Waals surface area contributed by atoms with Gasteiger partial charge in [0, 0.05) is 13.1 Å². The standard InChI is InChI=1S/C29H50N2O4/c1-2-3-4-5-6-7-8-9-10-11-12-13-14-15-16-17-23-30-28(33)29(34)31-24-18-25-35-27-21-19-26(32)20-22-27/h19-22,32H,2-18,23-25H2,1H3,(H,30,33)(H,31,34). The molecule has 0 spiro atoms. The Hall–Kier alpha value is -2.24. The number of hydrogen-bond donors (Lipinski definition) is 3. The summed E-state index contributed by atoms with van der Waals surface area (Å²) in [5.74, 6) is -0.308. The van der Waals surface area contributed by atoms with Crippen molar-refractivity contribution in [3.05, 3.63) is 24.3 Å². The molecular formula is C29H50N2O4. The molecule has 0 saturated heterocycles. The van der Waals surface area contributed by atoms with Crippen LogP contribution in [0, 0.1) is 0 Å². The number of phenols is 1. The molecule has 0 aromatic heterocycles. The van der Waals surface area contributed by atoms with Crippen LogP contribution >= 0.6 is 0 Å². The highest BCUT2D eigenvalue weighted by Crippen LogP contribution is 2.16. The fourth-order valence-electron chi connectivity index (χ4n) is 4.04. The van der Waals surface area contributed by atoms with Crippen molar-refractivity contribution in [3.8, 4) is 11.5 Å². The number of aromatic hydroxyl groups is 1. The molecule has 0 aliphatic heterocycles. The lowest BCUT2D eigenvalue weighted by molar-refractivity contribution is -0.139. The van der Waals surface area contributed by atoms with E-state index in [1.165, 1.54) is 89.9 Å². The minimum absolute atomic E-state index is 0.190. The van der Waals surface area contributed by atoms with Crippen LogP contribution in [0.2, 0.25) is 0 Å². The third-order valence-corrected chi connectivity index (χ3v) is 6.23. The van der Waals surface area contributed by atoms with Crippen molar-refractivity contribution < 1.29 is 19.4 Å². The Bertz CT molecular complexity index is 649. The van der Waals surface area contributed by atoms with E-state index in [1.54, 1.807) is 24.3 Å². The van der Waals surface area contributed by atoms with Crippen LogP contribution in [-0.4, -0.2) is 36.6 Å². The van der Waals surface area contributed by atoms with Gasteiger partial charge in [0.05, 0.1) is 6.61 Å². The molecule has 0 bridgehead atoms. The number of hydrogen-bond acceptors (Lipinski definition) is 4. The average molecular weight is 491 g/mol. The number of amides is 2. The van der Waals surface area contributed by atoms with Crippen LogP contribution in [0.1, 0.15) is 116 Å². The fraction of sp³-hybridized carbons (Fsp3) is 0.724. The van der Waals surface area contributed by atoms with Gasteiger partial charge in [0.2, 0.25) is 0 Å². The molecule has 0 heterocycles. The highest BCUT2D eigenvalue weighted by molar-refractivity contribution is 6.35. The van der Waals surface area contributed by atoms with Gasteiger partial charge >= 0.3 is 11.8 Å². The van der Waals surface area contributed by atoms with Gasteiger partial charge in [0.25, 0.3) is 0 Å². The van der Waals surface area contributed by atoms with E-state index in [4.69, 9.17) is 4.74 Å². The van der Waals surface area contributed by atoms with E-state index >= 15 is 0 Å². The Kier molecular flexibility index (Phi) is 19.6. The van der Waals surface area contributed by atoms with Gasteiger partial charge < -0.3 is 20.5 Å². The summed E-state index contributed by atoms with van der Waals surface area (Å²) in [6.45, 7) is 3.62. The first-order chi connectivity index (χ1) is 17.1. The maximum atomic E-state index is 11.8. The molecule has 0 aliphatic rings. The second-order valence-corrected chi connectivity index (χ2v) is 9.51. The van der Waals surface area contributed by atoms with Gasteiger partial charge in [-0.15, -0.1) is 0 Å². The van der Waals surface area contributed by atoms with Crippen molar-refractivity contribution in [2.45, 2.75) is 116 Å². The Morgan fingerprint density at radius 2 is 1.03 bits per heavy atom. The number of phenolic OH excluding ortho intramolecular Hbond substituents is 1. The van der Waals surface area contributed by atoms with Crippen molar-refractivity contribution in [3.63, 3.8) is 0 Å². The van der Waals surface area contributed by atoms with Crippen LogP contribution in [0.5, 0.6) is 11.5 Å². The van der Waals surface area contributed by atoms with Crippen LogP contribution in [-0.2, 0) is 9.59 Å². The molecule has 3 N–H and O–H groups in total. The first-order valence-electron chi connectivity index (χ1n) is 14.1. The third kappa shape index (κ3) is 18.7. The predicted molar refractivity (Wildman–Crippen MR) is 144 cm³/mol. The molecule has 0 atom stereocenters. The Morgan fingerprint density at radius 3 is 1.49 bits per heavy atom. The van der Waals surface area contributed by atoms with Gasteiger partial charge in [-0.25, -0.2) is 0 Å².